The molecule has 0 spiro atoms. The molecule has 1 atom stereocenters. The first kappa shape index (κ1) is 31.9. The van der Waals surface area contributed by atoms with E-state index in [1.807, 2.05) is 72.8 Å². The molecule has 1 saturated heterocycles. The maximum Gasteiger partial charge on any atom is 0.247 e. The number of nitrogens with zero attached hydrogens (tertiary/aromatic N) is 3. The van der Waals surface area contributed by atoms with Gasteiger partial charge in [-0.05, 0) is 72.4 Å². The molecule has 10 heteroatoms. The van der Waals surface area contributed by atoms with E-state index >= 15 is 0 Å². The summed E-state index contributed by atoms with van der Waals surface area (Å²) in [7, 11) is -1.92. The van der Waals surface area contributed by atoms with Gasteiger partial charge in [0, 0.05) is 32.3 Å². The average Bonchev–Trinajstić information content (AvgIpc) is 3.64. The minimum absolute atomic E-state index is 0.130. The van der Waals surface area contributed by atoms with E-state index in [0.29, 0.717) is 36.5 Å². The first-order valence-corrected chi connectivity index (χ1v) is 16.5. The van der Waals surface area contributed by atoms with Crippen LogP contribution in [0.4, 0.5) is 0 Å². The van der Waals surface area contributed by atoms with E-state index in [2.05, 4.69) is 10.3 Å². The summed E-state index contributed by atoms with van der Waals surface area (Å²) in [6.07, 6.45) is 3.93. The van der Waals surface area contributed by atoms with Crippen molar-refractivity contribution >= 4 is 21.8 Å². The third-order valence-electron chi connectivity index (χ3n) is 7.93. The number of benzene rings is 3. The molecule has 234 valence electrons. The molecule has 5 rings (SSSR count). The van der Waals surface area contributed by atoms with Crippen LogP contribution in [0.3, 0.4) is 0 Å². The summed E-state index contributed by atoms with van der Waals surface area (Å²) < 4.78 is 32.7. The fourth-order valence-corrected chi connectivity index (χ4v) is 6.95. The second-order valence-corrected chi connectivity index (χ2v) is 12.9. The van der Waals surface area contributed by atoms with Crippen molar-refractivity contribution in [3.8, 4) is 5.75 Å². The molecule has 1 fully saturated rings. The van der Waals surface area contributed by atoms with Crippen molar-refractivity contribution in [2.24, 2.45) is 0 Å². The zero-order valence-corrected chi connectivity index (χ0v) is 26.2. The van der Waals surface area contributed by atoms with Crippen LogP contribution in [0.1, 0.15) is 47.7 Å². The lowest BCUT2D eigenvalue weighted by Crippen LogP contribution is -2.43. The van der Waals surface area contributed by atoms with Crippen LogP contribution in [-0.2, 0) is 39.1 Å². The number of ether oxygens (including phenoxy) is 1. The first-order chi connectivity index (χ1) is 21.8. The van der Waals surface area contributed by atoms with Gasteiger partial charge < -0.3 is 15.0 Å². The average molecular weight is 627 g/mol. The first-order valence-electron chi connectivity index (χ1n) is 15.1. The standard InChI is InChI=1S/C35H38N4O5S/c1-44-31-17-12-28(13-18-31)26-39(34(29-9-3-2-4-10-29)35(41)37-25-30-11-5-6-22-36-30)33(40)21-16-27-14-19-32(20-15-27)45(42,43)38-23-7-8-24-38/h2-6,9-15,17-20,22,34H,7-8,16,21,23-26H2,1H3,(H,37,41)/t34-/m0/s1. The molecule has 1 aliphatic heterocycles. The van der Waals surface area contributed by atoms with Gasteiger partial charge in [0.05, 0.1) is 24.2 Å². The Morgan fingerprint density at radius 2 is 1.56 bits per heavy atom. The van der Waals surface area contributed by atoms with Crippen LogP contribution in [0.5, 0.6) is 5.75 Å². The van der Waals surface area contributed by atoms with E-state index in [1.165, 1.54) is 4.31 Å². The van der Waals surface area contributed by atoms with Crippen molar-refractivity contribution in [1.29, 1.82) is 0 Å². The van der Waals surface area contributed by atoms with Gasteiger partial charge in [-0.2, -0.15) is 4.31 Å². The maximum absolute atomic E-state index is 14.0. The van der Waals surface area contributed by atoms with Crippen LogP contribution >= 0.6 is 0 Å². The molecule has 3 aromatic carbocycles. The Kier molecular flexibility index (Phi) is 10.6. The highest BCUT2D eigenvalue weighted by Crippen LogP contribution is 2.27. The topological polar surface area (TPSA) is 109 Å². The molecule has 9 nitrogen and oxygen atoms in total. The minimum atomic E-state index is -3.52. The molecule has 1 aliphatic rings. The third-order valence-corrected chi connectivity index (χ3v) is 9.84. The van der Waals surface area contributed by atoms with Crippen LogP contribution in [0, 0.1) is 0 Å². The number of sulfonamides is 1. The molecular weight excluding hydrogens is 588 g/mol. The van der Waals surface area contributed by atoms with Crippen molar-refractivity contribution in [2.45, 2.75) is 49.7 Å². The number of nitrogens with one attached hydrogen (secondary N) is 1. The van der Waals surface area contributed by atoms with Crippen molar-refractivity contribution in [3.63, 3.8) is 0 Å². The zero-order valence-electron chi connectivity index (χ0n) is 25.3. The van der Waals surface area contributed by atoms with E-state index in [-0.39, 0.29) is 36.2 Å². The molecule has 2 heterocycles. The molecule has 0 radical (unpaired) electrons. The SMILES string of the molecule is COc1ccc(CN(C(=O)CCc2ccc(S(=O)(=O)N3CCCC3)cc2)[C@H](C(=O)NCc2ccccn2)c2ccccc2)cc1. The predicted molar refractivity (Wildman–Crippen MR) is 172 cm³/mol. The Labute approximate surface area is 264 Å². The molecule has 0 saturated carbocycles. The summed E-state index contributed by atoms with van der Waals surface area (Å²) in [5.74, 6) is 0.172. The summed E-state index contributed by atoms with van der Waals surface area (Å²) in [6.45, 7) is 1.51. The third kappa shape index (κ3) is 8.14. The lowest BCUT2D eigenvalue weighted by Gasteiger charge is -2.32. The number of methoxy groups -OCH3 is 1. The molecular formula is C35H38N4O5S. The monoisotopic (exact) mass is 626 g/mol. The van der Waals surface area contributed by atoms with Crippen LogP contribution in [0.2, 0.25) is 0 Å². The Hall–Kier alpha value is -4.54. The van der Waals surface area contributed by atoms with E-state index < -0.39 is 16.1 Å². The number of pyridine rings is 1. The fraction of sp³-hybridized carbons (Fsp3) is 0.286. The molecule has 2 amide bonds. The zero-order chi connectivity index (χ0) is 31.6. The number of carbonyl (C=O) groups excluding carboxylic acids is 2. The Balaban J connectivity index is 1.38. The highest BCUT2D eigenvalue weighted by molar-refractivity contribution is 7.89. The number of aromatic nitrogens is 1. The number of aryl methyl sites for hydroxylation is 1. The number of hydrogen-bond acceptors (Lipinski definition) is 6. The molecule has 4 aromatic rings. The van der Waals surface area contributed by atoms with Crippen molar-refractivity contribution in [2.75, 3.05) is 20.2 Å². The van der Waals surface area contributed by atoms with E-state index in [0.717, 1.165) is 24.0 Å². The number of amides is 2. The van der Waals surface area contributed by atoms with Crippen molar-refractivity contribution in [1.82, 2.24) is 19.5 Å². The van der Waals surface area contributed by atoms with Gasteiger partial charge in [0.25, 0.3) is 0 Å². The van der Waals surface area contributed by atoms with Gasteiger partial charge in [0.1, 0.15) is 11.8 Å². The minimum Gasteiger partial charge on any atom is -0.497 e. The van der Waals surface area contributed by atoms with E-state index in [4.69, 9.17) is 4.74 Å². The normalized spacial score (nSPS) is 14.1. The van der Waals surface area contributed by atoms with Crippen LogP contribution in [-0.4, -0.2) is 54.6 Å². The van der Waals surface area contributed by atoms with E-state index in [1.54, 1.807) is 42.5 Å². The Bertz CT molecular complexity index is 1660. The van der Waals surface area contributed by atoms with Crippen molar-refractivity contribution < 1.29 is 22.7 Å². The number of hydrogen-bond donors (Lipinski definition) is 1. The summed E-state index contributed by atoms with van der Waals surface area (Å²) >= 11 is 0. The summed E-state index contributed by atoms with van der Waals surface area (Å²) in [5, 5.41) is 2.98. The van der Waals surface area contributed by atoms with Gasteiger partial charge in [0.15, 0.2) is 0 Å². The predicted octanol–water partition coefficient (Wildman–Crippen LogP) is 4.89. The molecule has 0 aliphatic carbocycles. The molecule has 1 aromatic heterocycles. The highest BCUT2D eigenvalue weighted by Gasteiger charge is 2.32. The summed E-state index contributed by atoms with van der Waals surface area (Å²) in [5.41, 5.74) is 3.08. The van der Waals surface area contributed by atoms with Gasteiger partial charge in [-0.15, -0.1) is 0 Å². The lowest BCUT2D eigenvalue weighted by molar-refractivity contribution is -0.141. The Morgan fingerprint density at radius 1 is 0.889 bits per heavy atom. The second-order valence-electron chi connectivity index (χ2n) is 11.0. The van der Waals surface area contributed by atoms with Gasteiger partial charge in [0.2, 0.25) is 21.8 Å². The molecule has 0 bridgehead atoms. The summed E-state index contributed by atoms with van der Waals surface area (Å²) in [4.78, 5) is 34.1. The lowest BCUT2D eigenvalue weighted by atomic mass is 10.0. The number of rotatable bonds is 13. The van der Waals surface area contributed by atoms with Crippen LogP contribution in [0.15, 0.2) is 108 Å². The van der Waals surface area contributed by atoms with Gasteiger partial charge >= 0.3 is 0 Å². The molecule has 1 N–H and O–H groups in total. The van der Waals surface area contributed by atoms with Crippen LogP contribution < -0.4 is 10.1 Å². The largest absolute Gasteiger partial charge is 0.497 e. The smallest absolute Gasteiger partial charge is 0.247 e. The number of carbonyl (C=O) groups is 2. The maximum atomic E-state index is 14.0. The highest BCUT2D eigenvalue weighted by atomic mass is 32.2. The van der Waals surface area contributed by atoms with Crippen molar-refractivity contribution in [3.05, 3.63) is 126 Å². The fourth-order valence-electron chi connectivity index (χ4n) is 5.44. The second kappa shape index (κ2) is 15.0. The van der Waals surface area contributed by atoms with E-state index in [9.17, 15) is 18.0 Å². The van der Waals surface area contributed by atoms with Crippen LogP contribution in [0.25, 0.3) is 0 Å². The van der Waals surface area contributed by atoms with Gasteiger partial charge in [-0.25, -0.2) is 8.42 Å². The Morgan fingerprint density at radius 3 is 2.20 bits per heavy atom. The summed E-state index contributed by atoms with van der Waals surface area (Å²) in [6, 6.07) is 28.0. The molecule has 45 heavy (non-hydrogen) atoms. The molecule has 0 unspecified atom stereocenters. The van der Waals surface area contributed by atoms with Gasteiger partial charge in [-0.3, -0.25) is 14.6 Å². The quantitative estimate of drug-likeness (QED) is 0.226. The van der Waals surface area contributed by atoms with Gasteiger partial charge in [-0.1, -0.05) is 60.7 Å².